The molecule has 1 aromatic heterocycles. The van der Waals surface area contributed by atoms with Crippen molar-refractivity contribution in [2.45, 2.75) is 6.18 Å². The lowest BCUT2D eigenvalue weighted by Gasteiger charge is -2.13. The number of aldehydes is 1. The minimum absolute atomic E-state index is 0.153. The van der Waals surface area contributed by atoms with Gasteiger partial charge >= 0.3 is 6.18 Å². The van der Waals surface area contributed by atoms with Gasteiger partial charge in [0.15, 0.2) is 6.29 Å². The average molecular weight is 301 g/mol. The zero-order chi connectivity index (χ0) is 15.7. The zero-order valence-corrected chi connectivity index (χ0v) is 11.3. The van der Waals surface area contributed by atoms with Crippen molar-refractivity contribution in [1.29, 1.82) is 0 Å². The van der Waals surface area contributed by atoms with Crippen LogP contribution in [0, 0.1) is 0 Å². The molecule has 0 aliphatic heterocycles. The predicted molar refractivity (Wildman–Crippen MR) is 77.6 cm³/mol. The number of carbonyl (C=O) groups excluding carboxylic acids is 1. The Kier molecular flexibility index (Phi) is 3.41. The number of rotatable bonds is 2. The lowest BCUT2D eigenvalue weighted by Crippen LogP contribution is -2.07. The van der Waals surface area contributed by atoms with Gasteiger partial charge in [-0.25, -0.2) is 0 Å². The normalized spacial score (nSPS) is 11.6. The Bertz CT molecular complexity index is 842. The van der Waals surface area contributed by atoms with E-state index in [0.717, 1.165) is 6.07 Å². The Morgan fingerprint density at radius 2 is 1.68 bits per heavy atom. The molecule has 0 atom stereocenters. The molecule has 2 nitrogen and oxygen atoms in total. The third-order valence-electron chi connectivity index (χ3n) is 3.42. The van der Waals surface area contributed by atoms with Gasteiger partial charge in [0.25, 0.3) is 0 Å². The van der Waals surface area contributed by atoms with Gasteiger partial charge in [-0.3, -0.25) is 9.78 Å². The maximum atomic E-state index is 13.1. The number of carbonyl (C=O) groups is 1. The summed E-state index contributed by atoms with van der Waals surface area (Å²) >= 11 is 0. The molecule has 0 fully saturated rings. The van der Waals surface area contributed by atoms with Crippen LogP contribution in [-0.4, -0.2) is 11.3 Å². The molecule has 0 N–H and O–H groups in total. The van der Waals surface area contributed by atoms with E-state index in [2.05, 4.69) is 4.98 Å². The van der Waals surface area contributed by atoms with Crippen LogP contribution in [0.15, 0.2) is 54.7 Å². The first-order chi connectivity index (χ1) is 10.5. The van der Waals surface area contributed by atoms with Gasteiger partial charge < -0.3 is 0 Å². The first-order valence-electron chi connectivity index (χ1n) is 6.52. The molecule has 3 aromatic rings. The lowest BCUT2D eigenvalue weighted by atomic mass is 9.95. The van der Waals surface area contributed by atoms with Crippen LogP contribution < -0.4 is 0 Å². The molecule has 1 heterocycles. The molecule has 22 heavy (non-hydrogen) atoms. The van der Waals surface area contributed by atoms with E-state index in [1.54, 1.807) is 36.4 Å². The van der Waals surface area contributed by atoms with Crippen molar-refractivity contribution < 1.29 is 18.0 Å². The van der Waals surface area contributed by atoms with Crippen molar-refractivity contribution in [1.82, 2.24) is 4.98 Å². The van der Waals surface area contributed by atoms with Gasteiger partial charge in [0.05, 0.1) is 11.1 Å². The van der Waals surface area contributed by atoms with Crippen LogP contribution in [0.1, 0.15) is 15.9 Å². The fourth-order valence-corrected chi connectivity index (χ4v) is 2.48. The highest BCUT2D eigenvalue weighted by molar-refractivity contribution is 6.03. The van der Waals surface area contributed by atoms with E-state index in [1.807, 2.05) is 0 Å². The molecular formula is C17H10F3NO. The fourth-order valence-electron chi connectivity index (χ4n) is 2.48. The average Bonchev–Trinajstić information content (AvgIpc) is 2.53. The van der Waals surface area contributed by atoms with Crippen LogP contribution in [0.25, 0.3) is 22.0 Å². The second kappa shape index (κ2) is 5.26. The Morgan fingerprint density at radius 3 is 2.32 bits per heavy atom. The van der Waals surface area contributed by atoms with E-state index >= 15 is 0 Å². The van der Waals surface area contributed by atoms with Crippen LogP contribution >= 0.6 is 0 Å². The summed E-state index contributed by atoms with van der Waals surface area (Å²) in [6, 6.07) is 12.7. The molecule has 0 unspecified atom stereocenters. The van der Waals surface area contributed by atoms with Gasteiger partial charge in [0.2, 0.25) is 0 Å². The number of alkyl halides is 3. The van der Waals surface area contributed by atoms with Crippen molar-refractivity contribution in [3.8, 4) is 11.1 Å². The molecule has 0 aliphatic rings. The SMILES string of the molecule is O=Cc1cnc2c(C(F)(F)F)cccc2c1-c1ccccc1. The van der Waals surface area contributed by atoms with E-state index in [9.17, 15) is 18.0 Å². The second-order valence-electron chi connectivity index (χ2n) is 4.77. The zero-order valence-electron chi connectivity index (χ0n) is 11.3. The van der Waals surface area contributed by atoms with Gasteiger partial charge in [-0.2, -0.15) is 13.2 Å². The Balaban J connectivity index is 2.42. The number of hydrogen-bond donors (Lipinski definition) is 0. The minimum atomic E-state index is -4.50. The third kappa shape index (κ3) is 2.35. The number of hydrogen-bond acceptors (Lipinski definition) is 2. The maximum absolute atomic E-state index is 13.1. The minimum Gasteiger partial charge on any atom is -0.298 e. The standard InChI is InChI=1S/C17H10F3NO/c18-17(19,20)14-8-4-7-13-15(11-5-2-1-3-6-11)12(10-22)9-21-16(13)14/h1-10H. The number of nitrogens with zero attached hydrogens (tertiary/aromatic N) is 1. The summed E-state index contributed by atoms with van der Waals surface area (Å²) in [6.45, 7) is 0. The molecule has 2 aromatic carbocycles. The Labute approximate surface area is 124 Å². The number of aromatic nitrogens is 1. The monoisotopic (exact) mass is 301 g/mol. The van der Waals surface area contributed by atoms with Crippen LogP contribution in [0.3, 0.4) is 0 Å². The summed E-state index contributed by atoms with van der Waals surface area (Å²) in [5.74, 6) is 0. The fraction of sp³-hybridized carbons (Fsp3) is 0.0588. The Morgan fingerprint density at radius 1 is 0.955 bits per heavy atom. The maximum Gasteiger partial charge on any atom is 0.418 e. The highest BCUT2D eigenvalue weighted by Crippen LogP contribution is 2.37. The highest BCUT2D eigenvalue weighted by Gasteiger charge is 2.33. The highest BCUT2D eigenvalue weighted by atomic mass is 19.4. The van der Waals surface area contributed by atoms with E-state index in [4.69, 9.17) is 0 Å². The molecule has 0 aliphatic carbocycles. The summed E-state index contributed by atoms with van der Waals surface area (Å²) in [4.78, 5) is 15.1. The smallest absolute Gasteiger partial charge is 0.298 e. The number of pyridine rings is 1. The van der Waals surface area contributed by atoms with Crippen LogP contribution in [0.2, 0.25) is 0 Å². The first kappa shape index (κ1) is 14.3. The van der Waals surface area contributed by atoms with Gasteiger partial charge in [0.1, 0.15) is 0 Å². The lowest BCUT2D eigenvalue weighted by molar-refractivity contribution is -0.136. The number of benzene rings is 2. The predicted octanol–water partition coefficient (Wildman–Crippen LogP) is 4.73. The molecule has 3 rings (SSSR count). The van der Waals surface area contributed by atoms with Crippen LogP contribution in [0.4, 0.5) is 13.2 Å². The largest absolute Gasteiger partial charge is 0.418 e. The van der Waals surface area contributed by atoms with E-state index in [-0.39, 0.29) is 11.1 Å². The number of halogens is 3. The Hall–Kier alpha value is -2.69. The first-order valence-corrected chi connectivity index (χ1v) is 6.52. The van der Waals surface area contributed by atoms with E-state index in [0.29, 0.717) is 22.8 Å². The van der Waals surface area contributed by atoms with Gasteiger partial charge in [-0.1, -0.05) is 42.5 Å². The van der Waals surface area contributed by atoms with Crippen molar-refractivity contribution in [2.75, 3.05) is 0 Å². The topological polar surface area (TPSA) is 30.0 Å². The molecule has 110 valence electrons. The number of para-hydroxylation sites is 1. The van der Waals surface area contributed by atoms with E-state index in [1.165, 1.54) is 12.3 Å². The van der Waals surface area contributed by atoms with Crippen molar-refractivity contribution >= 4 is 17.2 Å². The summed E-state index contributed by atoms with van der Waals surface area (Å²) in [7, 11) is 0. The summed E-state index contributed by atoms with van der Waals surface area (Å²) < 4.78 is 39.4. The molecule has 0 saturated carbocycles. The molecule has 5 heteroatoms. The third-order valence-corrected chi connectivity index (χ3v) is 3.42. The van der Waals surface area contributed by atoms with Crippen molar-refractivity contribution in [2.24, 2.45) is 0 Å². The van der Waals surface area contributed by atoms with Crippen LogP contribution in [0.5, 0.6) is 0 Å². The molecule has 0 saturated heterocycles. The summed E-state index contributed by atoms with van der Waals surface area (Å²) in [5, 5.41) is 0.311. The summed E-state index contributed by atoms with van der Waals surface area (Å²) in [5.41, 5.74) is 0.445. The number of fused-ring (bicyclic) bond motifs is 1. The second-order valence-corrected chi connectivity index (χ2v) is 4.77. The van der Waals surface area contributed by atoms with E-state index < -0.39 is 11.7 Å². The van der Waals surface area contributed by atoms with Gasteiger partial charge in [0, 0.05) is 22.7 Å². The molecule has 0 amide bonds. The molecule has 0 spiro atoms. The molecule has 0 radical (unpaired) electrons. The summed E-state index contributed by atoms with van der Waals surface area (Å²) in [6.07, 6.45) is -2.70. The van der Waals surface area contributed by atoms with Crippen LogP contribution in [-0.2, 0) is 6.18 Å². The molecule has 0 bridgehead atoms. The quantitative estimate of drug-likeness (QED) is 0.640. The van der Waals surface area contributed by atoms with Crippen molar-refractivity contribution in [3.63, 3.8) is 0 Å². The van der Waals surface area contributed by atoms with Gasteiger partial charge in [-0.15, -0.1) is 0 Å². The molecular weight excluding hydrogens is 291 g/mol. The van der Waals surface area contributed by atoms with Crippen molar-refractivity contribution in [3.05, 3.63) is 65.9 Å². The van der Waals surface area contributed by atoms with Gasteiger partial charge in [-0.05, 0) is 11.6 Å².